The molecule has 0 saturated heterocycles. The molecule has 1 atom stereocenters. The first-order valence-electron chi connectivity index (χ1n) is 7.30. The zero-order chi connectivity index (χ0) is 18.1. The Bertz CT molecular complexity index is 1030. The second kappa shape index (κ2) is 6.90. The van der Waals surface area contributed by atoms with E-state index in [0.29, 0.717) is 16.5 Å². The van der Waals surface area contributed by atoms with Crippen LogP contribution in [0.4, 0.5) is 0 Å². The summed E-state index contributed by atoms with van der Waals surface area (Å²) in [6, 6.07) is 11.5. The lowest BCUT2D eigenvalue weighted by Gasteiger charge is -2.18. The topological polar surface area (TPSA) is 82.5 Å². The Kier molecular flexibility index (Phi) is 4.83. The molecule has 2 N–H and O–H groups in total. The molecule has 0 spiro atoms. The van der Waals surface area contributed by atoms with Crippen molar-refractivity contribution < 1.29 is 13.9 Å². The van der Waals surface area contributed by atoms with Gasteiger partial charge in [0.2, 0.25) is 6.10 Å². The molecule has 1 amide bonds. The molecule has 0 aliphatic rings. The highest BCUT2D eigenvalue weighted by Crippen LogP contribution is 2.34. The number of hydrogen-bond donors (Lipinski definition) is 1. The molecule has 1 unspecified atom stereocenters. The van der Waals surface area contributed by atoms with E-state index >= 15 is 0 Å². The van der Waals surface area contributed by atoms with E-state index in [-0.39, 0.29) is 10.8 Å². The average Bonchev–Trinajstić information content (AvgIpc) is 2.53. The van der Waals surface area contributed by atoms with Gasteiger partial charge in [-0.05, 0) is 30.7 Å². The molecule has 3 rings (SSSR count). The number of fused-ring (bicyclic) bond motifs is 1. The van der Waals surface area contributed by atoms with Crippen molar-refractivity contribution >= 4 is 44.4 Å². The van der Waals surface area contributed by atoms with Gasteiger partial charge in [0.25, 0.3) is 5.91 Å². The van der Waals surface area contributed by atoms with Gasteiger partial charge in [0.1, 0.15) is 11.3 Å². The molecule has 0 bridgehead atoms. The minimum Gasteiger partial charge on any atom is -0.474 e. The van der Waals surface area contributed by atoms with E-state index in [1.54, 1.807) is 31.2 Å². The van der Waals surface area contributed by atoms with Crippen molar-refractivity contribution in [1.82, 2.24) is 0 Å². The van der Waals surface area contributed by atoms with Gasteiger partial charge in [0, 0.05) is 27.6 Å². The second-order valence-electron chi connectivity index (χ2n) is 5.48. The molecule has 0 aliphatic heterocycles. The molecule has 5 nitrogen and oxygen atoms in total. The molecule has 0 aliphatic carbocycles. The van der Waals surface area contributed by atoms with Gasteiger partial charge in [-0.3, -0.25) is 4.79 Å². The Hall–Kier alpha value is -2.31. The van der Waals surface area contributed by atoms with Crippen molar-refractivity contribution in [2.45, 2.75) is 13.0 Å². The zero-order valence-corrected chi connectivity index (χ0v) is 15.4. The molecule has 0 radical (unpaired) electrons. The third kappa shape index (κ3) is 3.70. The lowest BCUT2D eigenvalue weighted by atomic mass is 10.1. The standard InChI is InChI=1S/C18H13BrClNO4/c1-9-5-16(22)24-14-8-15(13(20)7-12(9)14)25-17(18(21)23)10-3-2-4-11(19)6-10/h2-8,17H,1H3,(H2,21,23). The Morgan fingerprint density at radius 3 is 2.72 bits per heavy atom. The van der Waals surface area contributed by atoms with Crippen LogP contribution in [0.25, 0.3) is 11.0 Å². The summed E-state index contributed by atoms with van der Waals surface area (Å²) in [7, 11) is 0. The summed E-state index contributed by atoms with van der Waals surface area (Å²) in [4.78, 5) is 23.4. The summed E-state index contributed by atoms with van der Waals surface area (Å²) in [5.74, 6) is -0.466. The van der Waals surface area contributed by atoms with Gasteiger partial charge in [0.05, 0.1) is 5.02 Å². The van der Waals surface area contributed by atoms with Crippen LogP contribution in [-0.2, 0) is 4.79 Å². The third-order valence-corrected chi connectivity index (χ3v) is 4.45. The van der Waals surface area contributed by atoms with Crippen molar-refractivity contribution in [2.24, 2.45) is 5.73 Å². The predicted octanol–water partition coefficient (Wildman–Crippen LogP) is 4.12. The van der Waals surface area contributed by atoms with Gasteiger partial charge in [0.15, 0.2) is 0 Å². The van der Waals surface area contributed by atoms with Gasteiger partial charge < -0.3 is 14.9 Å². The van der Waals surface area contributed by atoms with Crippen molar-refractivity contribution in [3.8, 4) is 5.75 Å². The number of primary amides is 1. The molecule has 7 heteroatoms. The maximum atomic E-state index is 11.9. The quantitative estimate of drug-likeness (QED) is 0.641. The van der Waals surface area contributed by atoms with E-state index < -0.39 is 17.6 Å². The monoisotopic (exact) mass is 421 g/mol. The first kappa shape index (κ1) is 17.5. The van der Waals surface area contributed by atoms with Crippen molar-refractivity contribution in [3.05, 3.63) is 73.5 Å². The van der Waals surface area contributed by atoms with E-state index in [0.717, 1.165) is 10.0 Å². The molecular formula is C18H13BrClNO4. The van der Waals surface area contributed by atoms with Crippen LogP contribution in [0.3, 0.4) is 0 Å². The third-order valence-electron chi connectivity index (χ3n) is 3.66. The van der Waals surface area contributed by atoms with Crippen LogP contribution < -0.4 is 16.1 Å². The molecule has 0 fully saturated rings. The highest BCUT2D eigenvalue weighted by Gasteiger charge is 2.22. The van der Waals surface area contributed by atoms with Crippen LogP contribution in [-0.4, -0.2) is 5.91 Å². The fourth-order valence-corrected chi connectivity index (χ4v) is 3.12. The fraction of sp³-hybridized carbons (Fsp3) is 0.111. The minimum absolute atomic E-state index is 0.201. The van der Waals surface area contributed by atoms with E-state index in [9.17, 15) is 9.59 Å². The molecule has 0 saturated carbocycles. The molecule has 3 aromatic rings. The summed E-state index contributed by atoms with van der Waals surface area (Å²) in [6.45, 7) is 1.78. The van der Waals surface area contributed by atoms with Crippen LogP contribution in [0.2, 0.25) is 5.02 Å². The SMILES string of the molecule is Cc1cc(=O)oc2cc(OC(C(N)=O)c3cccc(Br)c3)c(Cl)cc12. The summed E-state index contributed by atoms with van der Waals surface area (Å²) in [5.41, 5.74) is 6.64. The van der Waals surface area contributed by atoms with Crippen LogP contribution >= 0.6 is 27.5 Å². The first-order valence-corrected chi connectivity index (χ1v) is 8.47. The summed E-state index contributed by atoms with van der Waals surface area (Å²) >= 11 is 9.62. The predicted molar refractivity (Wildman–Crippen MR) is 98.9 cm³/mol. The fourth-order valence-electron chi connectivity index (χ4n) is 2.50. The molecule has 128 valence electrons. The van der Waals surface area contributed by atoms with Crippen LogP contribution in [0.1, 0.15) is 17.2 Å². The normalized spacial score (nSPS) is 12.1. The second-order valence-corrected chi connectivity index (χ2v) is 6.81. The lowest BCUT2D eigenvalue weighted by Crippen LogP contribution is -2.26. The number of amides is 1. The first-order chi connectivity index (χ1) is 11.8. The maximum absolute atomic E-state index is 11.9. The molecule has 2 aromatic carbocycles. The van der Waals surface area contributed by atoms with E-state index in [1.165, 1.54) is 12.1 Å². The Labute approximate surface area is 156 Å². The maximum Gasteiger partial charge on any atom is 0.336 e. The smallest absolute Gasteiger partial charge is 0.336 e. The minimum atomic E-state index is -1.04. The molecule has 1 heterocycles. The van der Waals surface area contributed by atoms with Crippen molar-refractivity contribution in [3.63, 3.8) is 0 Å². The number of ether oxygens (including phenoxy) is 1. The average molecular weight is 423 g/mol. The summed E-state index contributed by atoms with van der Waals surface area (Å²) < 4.78 is 11.7. The van der Waals surface area contributed by atoms with E-state index in [1.807, 2.05) is 6.07 Å². The molecule has 25 heavy (non-hydrogen) atoms. The number of rotatable bonds is 4. The number of nitrogens with two attached hydrogens (primary N) is 1. The Morgan fingerprint density at radius 2 is 2.04 bits per heavy atom. The highest BCUT2D eigenvalue weighted by atomic mass is 79.9. The number of hydrogen-bond acceptors (Lipinski definition) is 4. The number of carbonyl (C=O) groups excluding carboxylic acids is 1. The van der Waals surface area contributed by atoms with Gasteiger partial charge in [-0.25, -0.2) is 4.79 Å². The molecular weight excluding hydrogens is 410 g/mol. The summed E-state index contributed by atoms with van der Waals surface area (Å²) in [5, 5.41) is 0.973. The van der Waals surface area contributed by atoms with Crippen LogP contribution in [0.5, 0.6) is 5.75 Å². The summed E-state index contributed by atoms with van der Waals surface area (Å²) in [6.07, 6.45) is -1.04. The van der Waals surface area contributed by atoms with Gasteiger partial charge in [-0.1, -0.05) is 39.7 Å². The Balaban J connectivity index is 2.07. The highest BCUT2D eigenvalue weighted by molar-refractivity contribution is 9.10. The number of benzene rings is 2. The van der Waals surface area contributed by atoms with E-state index in [2.05, 4.69) is 15.9 Å². The zero-order valence-electron chi connectivity index (χ0n) is 13.1. The number of carbonyl (C=O) groups is 1. The lowest BCUT2D eigenvalue weighted by molar-refractivity contribution is -0.125. The Morgan fingerprint density at radius 1 is 1.28 bits per heavy atom. The van der Waals surface area contributed by atoms with Crippen LogP contribution in [0, 0.1) is 6.92 Å². The molecule has 1 aromatic heterocycles. The number of halogens is 2. The van der Waals surface area contributed by atoms with Gasteiger partial charge >= 0.3 is 5.63 Å². The number of aryl methyl sites for hydroxylation is 1. The van der Waals surface area contributed by atoms with Crippen molar-refractivity contribution in [2.75, 3.05) is 0 Å². The van der Waals surface area contributed by atoms with Crippen molar-refractivity contribution in [1.29, 1.82) is 0 Å². The van der Waals surface area contributed by atoms with Gasteiger partial charge in [-0.15, -0.1) is 0 Å². The largest absolute Gasteiger partial charge is 0.474 e. The van der Waals surface area contributed by atoms with Crippen LogP contribution in [0.15, 0.2) is 56.1 Å². The van der Waals surface area contributed by atoms with Gasteiger partial charge in [-0.2, -0.15) is 0 Å². The van der Waals surface area contributed by atoms with E-state index in [4.69, 9.17) is 26.5 Å².